The zero-order valence-electron chi connectivity index (χ0n) is 12.1. The lowest BCUT2D eigenvalue weighted by atomic mass is 10.2. The number of hydrogen-bond acceptors (Lipinski definition) is 4. The number of benzene rings is 1. The van der Waals surface area contributed by atoms with Crippen LogP contribution in [0.2, 0.25) is 0 Å². The molecule has 7 heteroatoms. The van der Waals surface area contributed by atoms with Gasteiger partial charge in [-0.05, 0) is 38.1 Å². The van der Waals surface area contributed by atoms with E-state index in [4.69, 9.17) is 0 Å². The Bertz CT molecular complexity index is 784. The third-order valence-electron chi connectivity index (χ3n) is 3.16. The lowest BCUT2D eigenvalue weighted by Crippen LogP contribution is -2.05. The van der Waals surface area contributed by atoms with E-state index < -0.39 is 15.6 Å². The zero-order valence-corrected chi connectivity index (χ0v) is 12.9. The minimum atomic E-state index is -2.86. The summed E-state index contributed by atoms with van der Waals surface area (Å²) < 4.78 is 18.1. The van der Waals surface area contributed by atoms with Gasteiger partial charge in [-0.3, -0.25) is 9.48 Å². The van der Waals surface area contributed by atoms with Gasteiger partial charge in [-0.1, -0.05) is 0 Å². The molecule has 0 saturated heterocycles. The Kier molecular flexibility index (Phi) is 4.13. The van der Waals surface area contributed by atoms with Crippen LogP contribution in [0.4, 0.5) is 0 Å². The molecule has 1 amide bonds. The summed E-state index contributed by atoms with van der Waals surface area (Å²) in [6.07, 6.45) is 2.84. The van der Waals surface area contributed by atoms with Crippen LogP contribution in [-0.2, 0) is 16.3 Å². The van der Waals surface area contributed by atoms with Gasteiger partial charge in [-0.2, -0.15) is 9.46 Å². The highest BCUT2D eigenvalue weighted by Gasteiger charge is 2.16. The Hall–Kier alpha value is -2.15. The molecule has 1 heterocycles. The number of phenols is 1. The molecule has 0 aliphatic rings. The fourth-order valence-corrected chi connectivity index (χ4v) is 3.10. The fraction of sp³-hybridized carbons (Fsp3) is 0.286. The Morgan fingerprint density at radius 1 is 1.38 bits per heavy atom. The number of hydrogen-bond donors (Lipinski definition) is 1. The van der Waals surface area contributed by atoms with Gasteiger partial charge >= 0.3 is 0 Å². The fourth-order valence-electron chi connectivity index (χ4n) is 1.93. The van der Waals surface area contributed by atoms with Gasteiger partial charge < -0.3 is 5.11 Å². The van der Waals surface area contributed by atoms with E-state index in [1.807, 2.05) is 6.92 Å². The summed E-state index contributed by atoms with van der Waals surface area (Å²) in [4.78, 5) is 12.6. The van der Waals surface area contributed by atoms with Crippen molar-refractivity contribution < 1.29 is 14.1 Å². The van der Waals surface area contributed by atoms with Crippen molar-refractivity contribution in [3.63, 3.8) is 0 Å². The van der Waals surface area contributed by atoms with Crippen LogP contribution in [0, 0.1) is 6.92 Å². The van der Waals surface area contributed by atoms with Crippen molar-refractivity contribution in [2.45, 2.75) is 25.3 Å². The summed E-state index contributed by atoms with van der Waals surface area (Å²) in [5, 5.41) is 13.3. The third kappa shape index (κ3) is 3.13. The minimum Gasteiger partial charge on any atom is -0.508 e. The van der Waals surface area contributed by atoms with Crippen LogP contribution in [0.3, 0.4) is 0 Å². The van der Waals surface area contributed by atoms with Crippen molar-refractivity contribution in [3.8, 4) is 5.75 Å². The first-order chi connectivity index (χ1) is 9.85. The van der Waals surface area contributed by atoms with Gasteiger partial charge in [0.15, 0.2) is 0 Å². The van der Waals surface area contributed by atoms with E-state index >= 15 is 0 Å². The van der Waals surface area contributed by atoms with E-state index in [0.29, 0.717) is 22.7 Å². The first-order valence-corrected chi connectivity index (χ1v) is 8.35. The quantitative estimate of drug-likeness (QED) is 0.942. The maximum absolute atomic E-state index is 12.6. The molecule has 0 fully saturated rings. The molecule has 1 aromatic carbocycles. The average molecular weight is 307 g/mol. The van der Waals surface area contributed by atoms with E-state index in [9.17, 15) is 14.1 Å². The molecule has 2 rings (SSSR count). The standard InChI is InChI=1S/C14H17N3O3S/c1-4-17-10(2)13(9-15-17)14(19)16-21(3,20)12-7-5-11(18)6-8-12/h5-9,18H,4H2,1-3H3. The molecule has 1 aromatic heterocycles. The maximum atomic E-state index is 12.6. The number of amides is 1. The second-order valence-corrected chi connectivity index (χ2v) is 6.91. The number of carbonyl (C=O) groups excluding carboxylic acids is 1. The van der Waals surface area contributed by atoms with Gasteiger partial charge in [0.1, 0.15) is 5.75 Å². The van der Waals surface area contributed by atoms with E-state index in [0.717, 1.165) is 0 Å². The van der Waals surface area contributed by atoms with Crippen LogP contribution in [0.1, 0.15) is 23.0 Å². The summed E-state index contributed by atoms with van der Waals surface area (Å²) in [5.41, 5.74) is 1.05. The predicted octanol–water partition coefficient (Wildman–Crippen LogP) is 2.21. The van der Waals surface area contributed by atoms with Crippen LogP contribution in [0.15, 0.2) is 39.7 Å². The Labute approximate surface area is 123 Å². The number of aryl methyl sites for hydroxylation is 1. The van der Waals surface area contributed by atoms with Crippen molar-refractivity contribution in [2.75, 3.05) is 6.26 Å². The van der Waals surface area contributed by atoms with Crippen molar-refractivity contribution in [2.24, 2.45) is 4.36 Å². The van der Waals surface area contributed by atoms with Gasteiger partial charge in [0.05, 0.1) is 21.5 Å². The minimum absolute atomic E-state index is 0.0698. The second-order valence-electron chi connectivity index (χ2n) is 4.65. The Morgan fingerprint density at radius 3 is 2.52 bits per heavy atom. The highest BCUT2D eigenvalue weighted by Crippen LogP contribution is 2.18. The summed E-state index contributed by atoms with van der Waals surface area (Å²) in [6.45, 7) is 4.35. The number of phenolic OH excluding ortho intramolecular Hbond substituents is 1. The number of carbonyl (C=O) groups is 1. The van der Waals surface area contributed by atoms with Crippen molar-refractivity contribution in [3.05, 3.63) is 41.7 Å². The first-order valence-electron chi connectivity index (χ1n) is 6.43. The van der Waals surface area contributed by atoms with E-state index in [1.165, 1.54) is 36.7 Å². The van der Waals surface area contributed by atoms with Crippen LogP contribution in [0.25, 0.3) is 0 Å². The van der Waals surface area contributed by atoms with Crippen LogP contribution >= 0.6 is 0 Å². The number of aromatic nitrogens is 2. The van der Waals surface area contributed by atoms with Gasteiger partial charge in [0.25, 0.3) is 5.91 Å². The highest BCUT2D eigenvalue weighted by atomic mass is 32.2. The monoisotopic (exact) mass is 307 g/mol. The lowest BCUT2D eigenvalue weighted by molar-refractivity contribution is 0.100. The first kappa shape index (κ1) is 15.2. The normalized spacial score (nSPS) is 13.7. The summed E-state index contributed by atoms with van der Waals surface area (Å²) in [6, 6.07) is 5.82. The zero-order chi connectivity index (χ0) is 15.6. The number of nitrogens with zero attached hydrogens (tertiary/aromatic N) is 3. The van der Waals surface area contributed by atoms with Crippen molar-refractivity contribution >= 4 is 15.6 Å². The molecule has 21 heavy (non-hydrogen) atoms. The molecule has 0 aliphatic carbocycles. The smallest absolute Gasteiger partial charge is 0.288 e. The van der Waals surface area contributed by atoms with Crippen LogP contribution < -0.4 is 0 Å². The van der Waals surface area contributed by atoms with Gasteiger partial charge in [0, 0.05) is 23.4 Å². The van der Waals surface area contributed by atoms with Gasteiger partial charge in [-0.15, -0.1) is 0 Å². The molecule has 1 atom stereocenters. The molecule has 0 aliphatic heterocycles. The van der Waals surface area contributed by atoms with Gasteiger partial charge in [-0.25, -0.2) is 4.21 Å². The largest absolute Gasteiger partial charge is 0.508 e. The number of aromatic hydroxyl groups is 1. The predicted molar refractivity (Wildman–Crippen MR) is 79.8 cm³/mol. The third-order valence-corrected chi connectivity index (χ3v) is 4.83. The van der Waals surface area contributed by atoms with Crippen LogP contribution in [0.5, 0.6) is 5.75 Å². The molecular formula is C14H17N3O3S. The second kappa shape index (κ2) is 5.69. The molecule has 1 unspecified atom stereocenters. The van der Waals surface area contributed by atoms with Crippen molar-refractivity contribution in [1.82, 2.24) is 9.78 Å². The van der Waals surface area contributed by atoms with Gasteiger partial charge in [0.2, 0.25) is 0 Å². The summed E-state index contributed by atoms with van der Waals surface area (Å²) in [7, 11) is -2.86. The molecule has 1 N–H and O–H groups in total. The molecule has 0 spiro atoms. The summed E-state index contributed by atoms with van der Waals surface area (Å²) in [5.74, 6) is -0.479. The Balaban J connectivity index is 2.41. The lowest BCUT2D eigenvalue weighted by Gasteiger charge is -2.04. The maximum Gasteiger partial charge on any atom is 0.288 e. The molecule has 0 saturated carbocycles. The average Bonchev–Trinajstić information content (AvgIpc) is 2.80. The SMILES string of the molecule is CCn1ncc(C(=O)N=S(C)(=O)c2ccc(O)cc2)c1C. The molecular weight excluding hydrogens is 290 g/mol. The topological polar surface area (TPSA) is 84.5 Å². The highest BCUT2D eigenvalue weighted by molar-refractivity contribution is 7.93. The van der Waals surface area contributed by atoms with E-state index in [1.54, 1.807) is 11.6 Å². The van der Waals surface area contributed by atoms with Crippen molar-refractivity contribution in [1.29, 1.82) is 0 Å². The van der Waals surface area contributed by atoms with E-state index in [-0.39, 0.29) is 5.75 Å². The molecule has 0 bridgehead atoms. The summed E-state index contributed by atoms with van der Waals surface area (Å²) >= 11 is 0. The molecule has 6 nitrogen and oxygen atoms in total. The van der Waals surface area contributed by atoms with E-state index in [2.05, 4.69) is 9.46 Å². The molecule has 0 radical (unpaired) electrons. The Morgan fingerprint density at radius 2 is 2.00 bits per heavy atom. The molecule has 112 valence electrons. The number of rotatable bonds is 3. The van der Waals surface area contributed by atoms with Crippen LogP contribution in [-0.4, -0.2) is 31.3 Å². The molecule has 2 aromatic rings.